The molecule has 0 aliphatic carbocycles. The van der Waals surface area contributed by atoms with E-state index in [1.165, 1.54) is 42.6 Å². The molecule has 0 bridgehead atoms. The van der Waals surface area contributed by atoms with Crippen LogP contribution in [0, 0.1) is 6.92 Å². The van der Waals surface area contributed by atoms with Crippen molar-refractivity contribution in [3.63, 3.8) is 0 Å². The van der Waals surface area contributed by atoms with Crippen LogP contribution in [0.1, 0.15) is 31.4 Å². The van der Waals surface area contributed by atoms with Crippen molar-refractivity contribution in [2.75, 3.05) is 23.3 Å². The number of nitrogens with one attached hydrogen (secondary N) is 1. The van der Waals surface area contributed by atoms with Crippen LogP contribution in [0.4, 0.5) is 11.5 Å². The number of amides is 1. The molecule has 0 saturated carbocycles. The third-order valence-corrected chi connectivity index (χ3v) is 5.38. The maximum absolute atomic E-state index is 12.3. The van der Waals surface area contributed by atoms with Crippen LogP contribution in [-0.2, 0) is 11.3 Å². The molecule has 8 heteroatoms. The number of rotatable bonds is 5. The van der Waals surface area contributed by atoms with E-state index < -0.39 is 0 Å². The van der Waals surface area contributed by atoms with Gasteiger partial charge in [0.25, 0.3) is 5.56 Å². The van der Waals surface area contributed by atoms with E-state index in [-0.39, 0.29) is 18.0 Å². The van der Waals surface area contributed by atoms with Gasteiger partial charge in [-0.05, 0) is 44.0 Å². The van der Waals surface area contributed by atoms with E-state index in [1.54, 1.807) is 6.92 Å². The molecule has 1 aliphatic heterocycles. The molecule has 0 unspecified atom stereocenters. The van der Waals surface area contributed by atoms with E-state index >= 15 is 0 Å². The molecular formula is C23H26N6O2. The van der Waals surface area contributed by atoms with Gasteiger partial charge >= 0.3 is 0 Å². The van der Waals surface area contributed by atoms with Crippen LogP contribution in [0.2, 0.25) is 0 Å². The quantitative estimate of drug-likeness (QED) is 0.685. The number of aryl methyl sites for hydroxylation is 1. The van der Waals surface area contributed by atoms with Crippen molar-refractivity contribution in [1.29, 1.82) is 0 Å². The van der Waals surface area contributed by atoms with Gasteiger partial charge in [-0.1, -0.05) is 25.0 Å². The van der Waals surface area contributed by atoms with E-state index in [0.717, 1.165) is 30.2 Å². The van der Waals surface area contributed by atoms with Gasteiger partial charge in [0.2, 0.25) is 5.91 Å². The van der Waals surface area contributed by atoms with Crippen molar-refractivity contribution in [1.82, 2.24) is 19.7 Å². The molecule has 3 aromatic rings. The lowest BCUT2D eigenvalue weighted by molar-refractivity contribution is -0.116. The minimum absolute atomic E-state index is 0.0860. The predicted molar refractivity (Wildman–Crippen MR) is 120 cm³/mol. The first-order valence-electron chi connectivity index (χ1n) is 10.6. The summed E-state index contributed by atoms with van der Waals surface area (Å²) >= 11 is 0. The summed E-state index contributed by atoms with van der Waals surface area (Å²) in [5, 5.41) is 11.6. The smallest absolute Gasteiger partial charge is 0.253 e. The second kappa shape index (κ2) is 9.51. The lowest BCUT2D eigenvalue weighted by Crippen LogP contribution is -2.27. The van der Waals surface area contributed by atoms with Gasteiger partial charge in [0.1, 0.15) is 6.54 Å². The Labute approximate surface area is 181 Å². The Kier molecular flexibility index (Phi) is 6.35. The third kappa shape index (κ3) is 5.33. The number of carbonyl (C=O) groups is 1. The second-order valence-corrected chi connectivity index (χ2v) is 7.80. The van der Waals surface area contributed by atoms with Gasteiger partial charge in [-0.25, -0.2) is 4.98 Å². The number of nitrogens with zero attached hydrogens (tertiary/aromatic N) is 5. The normalized spacial score (nSPS) is 14.2. The standard InChI is InChI=1S/C23H26N6O2/c1-17-14-23(31)29(16-24-17)15-22(30)25-19-8-6-18(7-9-19)20-10-11-21(27-26-20)28-12-4-2-3-5-13-28/h6-11,14,16H,2-5,12-13,15H2,1H3,(H,25,30). The Morgan fingerprint density at radius 1 is 1.00 bits per heavy atom. The minimum Gasteiger partial charge on any atom is -0.355 e. The zero-order chi connectivity index (χ0) is 21.6. The van der Waals surface area contributed by atoms with E-state index in [9.17, 15) is 9.59 Å². The summed E-state index contributed by atoms with van der Waals surface area (Å²) in [5.41, 5.74) is 2.73. The fourth-order valence-electron chi connectivity index (χ4n) is 3.66. The predicted octanol–water partition coefficient (Wildman–Crippen LogP) is 3.03. The first kappa shape index (κ1) is 20.7. The number of hydrogen-bond acceptors (Lipinski definition) is 6. The van der Waals surface area contributed by atoms with E-state index in [4.69, 9.17) is 0 Å². The molecule has 160 valence electrons. The third-order valence-electron chi connectivity index (χ3n) is 5.38. The van der Waals surface area contributed by atoms with Crippen LogP contribution < -0.4 is 15.8 Å². The zero-order valence-corrected chi connectivity index (χ0v) is 17.6. The number of anilines is 2. The maximum Gasteiger partial charge on any atom is 0.253 e. The minimum atomic E-state index is -0.290. The number of aromatic nitrogens is 4. The van der Waals surface area contributed by atoms with Crippen LogP contribution in [0.5, 0.6) is 0 Å². The zero-order valence-electron chi connectivity index (χ0n) is 17.6. The Bertz CT molecular complexity index is 1080. The largest absolute Gasteiger partial charge is 0.355 e. The SMILES string of the molecule is Cc1cc(=O)n(CC(=O)Nc2ccc(-c3ccc(N4CCCCCC4)nn3)cc2)cn1. The van der Waals surface area contributed by atoms with Gasteiger partial charge in [0, 0.05) is 36.1 Å². The topological polar surface area (TPSA) is 93.0 Å². The Balaban J connectivity index is 1.38. The number of hydrogen-bond donors (Lipinski definition) is 1. The van der Waals surface area contributed by atoms with Gasteiger partial charge < -0.3 is 10.2 Å². The number of carbonyl (C=O) groups excluding carboxylic acids is 1. The van der Waals surface area contributed by atoms with Crippen molar-refractivity contribution < 1.29 is 4.79 Å². The summed E-state index contributed by atoms with van der Waals surface area (Å²) in [6.45, 7) is 3.72. The molecule has 8 nitrogen and oxygen atoms in total. The van der Waals surface area contributed by atoms with E-state index in [2.05, 4.69) is 25.4 Å². The van der Waals surface area contributed by atoms with Gasteiger partial charge in [-0.2, -0.15) is 0 Å². The van der Waals surface area contributed by atoms with Crippen LogP contribution in [-0.4, -0.2) is 38.7 Å². The molecule has 1 aromatic carbocycles. The Morgan fingerprint density at radius 2 is 1.74 bits per heavy atom. The highest BCUT2D eigenvalue weighted by Crippen LogP contribution is 2.22. The summed E-state index contributed by atoms with van der Waals surface area (Å²) < 4.78 is 1.28. The summed E-state index contributed by atoms with van der Waals surface area (Å²) in [7, 11) is 0. The molecule has 1 amide bonds. The first-order valence-corrected chi connectivity index (χ1v) is 10.6. The fourth-order valence-corrected chi connectivity index (χ4v) is 3.66. The van der Waals surface area contributed by atoms with Crippen molar-refractivity contribution >= 4 is 17.4 Å². The van der Waals surface area contributed by atoms with Crippen molar-refractivity contribution in [2.24, 2.45) is 0 Å². The van der Waals surface area contributed by atoms with Crippen molar-refractivity contribution in [2.45, 2.75) is 39.2 Å². The molecule has 3 heterocycles. The average molecular weight is 419 g/mol. The lowest BCUT2D eigenvalue weighted by atomic mass is 10.1. The fraction of sp³-hybridized carbons (Fsp3) is 0.348. The van der Waals surface area contributed by atoms with Crippen LogP contribution >= 0.6 is 0 Å². The summed E-state index contributed by atoms with van der Waals surface area (Å²) in [4.78, 5) is 30.5. The molecule has 1 N–H and O–H groups in total. The van der Waals surface area contributed by atoms with Crippen LogP contribution in [0.3, 0.4) is 0 Å². The molecule has 4 rings (SSSR count). The summed E-state index contributed by atoms with van der Waals surface area (Å²) in [6, 6.07) is 12.8. The molecule has 1 fully saturated rings. The van der Waals surface area contributed by atoms with Gasteiger partial charge in [-0.15, -0.1) is 10.2 Å². The summed E-state index contributed by atoms with van der Waals surface area (Å²) in [5.74, 6) is 0.637. The van der Waals surface area contributed by atoms with E-state index in [0.29, 0.717) is 11.4 Å². The van der Waals surface area contributed by atoms with Crippen molar-refractivity contribution in [3.05, 3.63) is 64.8 Å². The molecular weight excluding hydrogens is 392 g/mol. The molecule has 2 aromatic heterocycles. The van der Waals surface area contributed by atoms with Gasteiger partial charge in [0.15, 0.2) is 5.82 Å². The average Bonchev–Trinajstić information content (AvgIpc) is 3.06. The first-order chi connectivity index (χ1) is 15.1. The van der Waals surface area contributed by atoms with Crippen LogP contribution in [0.15, 0.2) is 53.6 Å². The molecule has 31 heavy (non-hydrogen) atoms. The molecule has 1 aliphatic rings. The lowest BCUT2D eigenvalue weighted by Gasteiger charge is -2.20. The highest BCUT2D eigenvalue weighted by molar-refractivity contribution is 5.90. The van der Waals surface area contributed by atoms with E-state index in [1.807, 2.05) is 36.4 Å². The highest BCUT2D eigenvalue weighted by atomic mass is 16.2. The number of benzene rings is 1. The maximum atomic E-state index is 12.3. The second-order valence-electron chi connectivity index (χ2n) is 7.80. The molecule has 0 spiro atoms. The van der Waals surface area contributed by atoms with Crippen molar-refractivity contribution in [3.8, 4) is 11.3 Å². The molecule has 0 atom stereocenters. The monoisotopic (exact) mass is 418 g/mol. The Hall–Kier alpha value is -3.55. The van der Waals surface area contributed by atoms with Gasteiger partial charge in [0.05, 0.1) is 12.0 Å². The Morgan fingerprint density at radius 3 is 2.39 bits per heavy atom. The highest BCUT2D eigenvalue weighted by Gasteiger charge is 2.12. The molecule has 1 saturated heterocycles. The van der Waals surface area contributed by atoms with Crippen LogP contribution in [0.25, 0.3) is 11.3 Å². The summed E-state index contributed by atoms with van der Waals surface area (Å²) in [6.07, 6.45) is 6.35. The molecule has 0 radical (unpaired) electrons. The van der Waals surface area contributed by atoms with Gasteiger partial charge in [-0.3, -0.25) is 14.2 Å².